The summed E-state index contributed by atoms with van der Waals surface area (Å²) in [6.07, 6.45) is 0.676. The van der Waals surface area contributed by atoms with Gasteiger partial charge in [-0.15, -0.1) is 0 Å². The Bertz CT molecular complexity index is 268. The second kappa shape index (κ2) is 5.84. The highest BCUT2D eigenvalue weighted by Gasteiger charge is 2.30. The first kappa shape index (κ1) is 13.0. The van der Waals surface area contributed by atoms with E-state index in [-0.39, 0.29) is 17.9 Å². The Morgan fingerprint density at radius 3 is 2.62 bits per heavy atom. The van der Waals surface area contributed by atoms with E-state index in [1.165, 1.54) is 0 Å². The van der Waals surface area contributed by atoms with Crippen molar-refractivity contribution in [2.24, 2.45) is 0 Å². The van der Waals surface area contributed by atoms with E-state index in [2.05, 4.69) is 0 Å². The number of hydrogen-bond acceptors (Lipinski definition) is 4. The van der Waals surface area contributed by atoms with Crippen LogP contribution in [0.5, 0.6) is 0 Å². The Morgan fingerprint density at radius 2 is 2.12 bits per heavy atom. The third-order valence-electron chi connectivity index (χ3n) is 2.87. The average molecular weight is 228 g/mol. The van der Waals surface area contributed by atoms with E-state index in [1.807, 2.05) is 11.8 Å². The van der Waals surface area contributed by atoms with E-state index < -0.39 is 0 Å². The summed E-state index contributed by atoms with van der Waals surface area (Å²) in [5, 5.41) is 0. The first-order valence-corrected chi connectivity index (χ1v) is 5.74. The smallest absolute Gasteiger partial charge is 0.323 e. The molecule has 1 fully saturated rings. The fourth-order valence-electron chi connectivity index (χ4n) is 1.86. The highest BCUT2D eigenvalue weighted by Crippen LogP contribution is 2.10. The van der Waals surface area contributed by atoms with E-state index in [0.717, 1.165) is 6.54 Å². The van der Waals surface area contributed by atoms with Crippen molar-refractivity contribution in [2.75, 3.05) is 33.3 Å². The Kier molecular flexibility index (Phi) is 4.73. The zero-order chi connectivity index (χ0) is 12.1. The van der Waals surface area contributed by atoms with Gasteiger partial charge in [0, 0.05) is 20.1 Å². The lowest BCUT2D eigenvalue weighted by molar-refractivity contribution is -0.152. The highest BCUT2D eigenvalue weighted by atomic mass is 16.5. The maximum absolute atomic E-state index is 11.7. The van der Waals surface area contributed by atoms with Gasteiger partial charge in [-0.2, -0.15) is 0 Å². The highest BCUT2D eigenvalue weighted by molar-refractivity contribution is 5.81. The lowest BCUT2D eigenvalue weighted by atomic mass is 10.1. The monoisotopic (exact) mass is 228 g/mol. The summed E-state index contributed by atoms with van der Waals surface area (Å²) in [5.74, 6) is -0.156. The number of rotatable bonds is 4. The molecule has 1 rings (SSSR count). The summed E-state index contributed by atoms with van der Waals surface area (Å²) in [4.78, 5) is 26.8. The molecule has 0 bridgehead atoms. The van der Waals surface area contributed by atoms with Crippen LogP contribution in [-0.4, -0.2) is 61.0 Å². The van der Waals surface area contributed by atoms with Crippen molar-refractivity contribution in [2.45, 2.75) is 26.3 Å². The molecule has 0 aromatic rings. The van der Waals surface area contributed by atoms with Crippen molar-refractivity contribution in [1.82, 2.24) is 9.80 Å². The molecule has 5 nitrogen and oxygen atoms in total. The van der Waals surface area contributed by atoms with E-state index in [0.29, 0.717) is 26.1 Å². The molecular formula is C11H20N2O3. The minimum absolute atomic E-state index is 0.0639. The van der Waals surface area contributed by atoms with Crippen LogP contribution in [-0.2, 0) is 14.3 Å². The fraction of sp³-hybridized carbons (Fsp3) is 0.818. The summed E-state index contributed by atoms with van der Waals surface area (Å²) in [7, 11) is 1.78. The summed E-state index contributed by atoms with van der Waals surface area (Å²) in [6, 6.07) is -0.280. The van der Waals surface area contributed by atoms with Crippen LogP contribution in [0.3, 0.4) is 0 Å². The molecule has 0 saturated carbocycles. The number of carbonyl (C=O) groups excluding carboxylic acids is 2. The zero-order valence-electron chi connectivity index (χ0n) is 10.2. The van der Waals surface area contributed by atoms with Gasteiger partial charge < -0.3 is 9.64 Å². The molecule has 1 heterocycles. The lowest BCUT2D eigenvalue weighted by Gasteiger charge is -2.35. The van der Waals surface area contributed by atoms with Crippen LogP contribution in [0.4, 0.5) is 0 Å². The van der Waals surface area contributed by atoms with Gasteiger partial charge in [-0.1, -0.05) is 6.92 Å². The van der Waals surface area contributed by atoms with Crippen LogP contribution in [0.2, 0.25) is 0 Å². The molecule has 1 atom stereocenters. The number of nitrogens with zero attached hydrogens (tertiary/aromatic N) is 2. The summed E-state index contributed by atoms with van der Waals surface area (Å²) in [6.45, 7) is 5.84. The van der Waals surface area contributed by atoms with E-state index >= 15 is 0 Å². The Balaban J connectivity index is 2.60. The number of esters is 1. The predicted molar refractivity (Wildman–Crippen MR) is 59.9 cm³/mol. The molecule has 1 aliphatic rings. The van der Waals surface area contributed by atoms with Crippen LogP contribution in [0.1, 0.15) is 20.3 Å². The maximum atomic E-state index is 11.7. The maximum Gasteiger partial charge on any atom is 0.323 e. The second-order valence-corrected chi connectivity index (χ2v) is 3.96. The predicted octanol–water partition coefficient (Wildman–Crippen LogP) is 0.102. The third-order valence-corrected chi connectivity index (χ3v) is 2.87. The van der Waals surface area contributed by atoms with E-state index in [4.69, 9.17) is 4.74 Å². The zero-order valence-corrected chi connectivity index (χ0v) is 10.2. The van der Waals surface area contributed by atoms with Gasteiger partial charge in [-0.3, -0.25) is 14.5 Å². The van der Waals surface area contributed by atoms with Gasteiger partial charge in [0.2, 0.25) is 5.91 Å². The van der Waals surface area contributed by atoms with Gasteiger partial charge in [0.15, 0.2) is 0 Å². The van der Waals surface area contributed by atoms with Gasteiger partial charge >= 0.3 is 5.97 Å². The summed E-state index contributed by atoms with van der Waals surface area (Å²) in [5.41, 5.74) is 0. The standard InChI is InChI=1S/C11H20N2O3/c1-4-9(11(15)16-5-2)13-7-6-12(3)10(14)8-13/h9H,4-8H2,1-3H3. The minimum Gasteiger partial charge on any atom is -0.465 e. The Morgan fingerprint density at radius 1 is 1.44 bits per heavy atom. The molecule has 1 amide bonds. The molecule has 0 aromatic carbocycles. The minimum atomic E-state index is -0.280. The average Bonchev–Trinajstić information content (AvgIpc) is 2.25. The number of hydrogen-bond donors (Lipinski definition) is 0. The molecule has 0 N–H and O–H groups in total. The molecule has 1 unspecified atom stereocenters. The molecular weight excluding hydrogens is 208 g/mol. The van der Waals surface area contributed by atoms with Crippen LogP contribution in [0, 0.1) is 0 Å². The third kappa shape index (κ3) is 2.95. The molecule has 1 saturated heterocycles. The largest absolute Gasteiger partial charge is 0.465 e. The molecule has 1 aliphatic heterocycles. The topological polar surface area (TPSA) is 49.9 Å². The van der Waals surface area contributed by atoms with Crippen LogP contribution in [0.15, 0.2) is 0 Å². The number of amides is 1. The quantitative estimate of drug-likeness (QED) is 0.640. The molecule has 0 aliphatic carbocycles. The second-order valence-electron chi connectivity index (χ2n) is 3.96. The van der Waals surface area contributed by atoms with Gasteiger partial charge in [-0.25, -0.2) is 0 Å². The van der Waals surface area contributed by atoms with E-state index in [1.54, 1.807) is 18.9 Å². The van der Waals surface area contributed by atoms with Crippen LogP contribution >= 0.6 is 0 Å². The van der Waals surface area contributed by atoms with Crippen molar-refractivity contribution in [1.29, 1.82) is 0 Å². The van der Waals surface area contributed by atoms with Crippen LogP contribution < -0.4 is 0 Å². The molecule has 5 heteroatoms. The van der Waals surface area contributed by atoms with Gasteiger partial charge in [0.05, 0.1) is 13.2 Å². The van der Waals surface area contributed by atoms with Gasteiger partial charge in [0.1, 0.15) is 6.04 Å². The Labute approximate surface area is 96.3 Å². The number of ether oxygens (including phenoxy) is 1. The molecule has 0 aromatic heterocycles. The summed E-state index contributed by atoms with van der Waals surface area (Å²) >= 11 is 0. The van der Waals surface area contributed by atoms with Crippen LogP contribution in [0.25, 0.3) is 0 Å². The van der Waals surface area contributed by atoms with E-state index in [9.17, 15) is 9.59 Å². The number of likely N-dealkylation sites (N-methyl/N-ethyl adjacent to an activating group) is 1. The molecule has 92 valence electrons. The lowest BCUT2D eigenvalue weighted by Crippen LogP contribution is -2.54. The summed E-state index contributed by atoms with van der Waals surface area (Å²) < 4.78 is 5.00. The van der Waals surface area contributed by atoms with Crippen molar-refractivity contribution in [3.8, 4) is 0 Å². The van der Waals surface area contributed by atoms with Crippen molar-refractivity contribution >= 4 is 11.9 Å². The van der Waals surface area contributed by atoms with Crippen molar-refractivity contribution in [3.05, 3.63) is 0 Å². The number of carbonyl (C=O) groups is 2. The van der Waals surface area contributed by atoms with Gasteiger partial charge in [0.25, 0.3) is 0 Å². The molecule has 0 spiro atoms. The normalized spacial score (nSPS) is 19.7. The van der Waals surface area contributed by atoms with Gasteiger partial charge in [-0.05, 0) is 13.3 Å². The first-order valence-electron chi connectivity index (χ1n) is 5.74. The molecule has 0 radical (unpaired) electrons. The first-order chi connectivity index (χ1) is 7.60. The SMILES string of the molecule is CCOC(=O)C(CC)N1CCN(C)C(=O)C1. The van der Waals surface area contributed by atoms with Crippen molar-refractivity contribution in [3.63, 3.8) is 0 Å². The number of piperazine rings is 1. The van der Waals surface area contributed by atoms with Crippen molar-refractivity contribution < 1.29 is 14.3 Å². The fourth-order valence-corrected chi connectivity index (χ4v) is 1.86. The molecule has 16 heavy (non-hydrogen) atoms. The Hall–Kier alpha value is -1.10.